The van der Waals surface area contributed by atoms with Crippen LogP contribution in [0.3, 0.4) is 0 Å². The van der Waals surface area contributed by atoms with Crippen molar-refractivity contribution in [1.29, 1.82) is 0 Å². The Hall–Kier alpha value is -1.39. The fourth-order valence-corrected chi connectivity index (χ4v) is 2.99. The van der Waals surface area contributed by atoms with E-state index in [9.17, 15) is 4.79 Å². The Morgan fingerprint density at radius 3 is 2.29 bits per heavy atom. The Labute approximate surface area is 146 Å². The number of amides is 1. The average Bonchev–Trinajstić information content (AvgIpc) is 2.58. The predicted molar refractivity (Wildman–Crippen MR) is 96.5 cm³/mol. The molecule has 1 aromatic rings. The van der Waals surface area contributed by atoms with Crippen molar-refractivity contribution in [2.24, 2.45) is 5.92 Å². The maximum Gasteiger partial charge on any atom is 0.253 e. The summed E-state index contributed by atoms with van der Waals surface area (Å²) in [4.78, 5) is 14.6. The highest BCUT2D eigenvalue weighted by molar-refractivity contribution is 5.94. The first-order valence-corrected chi connectivity index (χ1v) is 8.88. The van der Waals surface area contributed by atoms with Crippen molar-refractivity contribution >= 4 is 5.91 Å². The van der Waals surface area contributed by atoms with Crippen molar-refractivity contribution < 1.29 is 14.3 Å². The number of carbonyl (C=O) groups is 1. The lowest BCUT2D eigenvalue weighted by atomic mass is 9.86. The molecule has 1 aliphatic heterocycles. The molecule has 1 amide bonds. The molecule has 0 radical (unpaired) electrons. The molecule has 1 heterocycles. The van der Waals surface area contributed by atoms with Crippen LogP contribution in [0.2, 0.25) is 0 Å². The first kappa shape index (κ1) is 18.9. The zero-order valence-corrected chi connectivity index (χ0v) is 15.5. The summed E-state index contributed by atoms with van der Waals surface area (Å²) >= 11 is 0. The van der Waals surface area contributed by atoms with E-state index in [1.807, 2.05) is 17.0 Å². The van der Waals surface area contributed by atoms with E-state index in [0.717, 1.165) is 38.1 Å². The van der Waals surface area contributed by atoms with Gasteiger partial charge in [0.05, 0.1) is 13.2 Å². The van der Waals surface area contributed by atoms with Gasteiger partial charge in [-0.3, -0.25) is 4.79 Å². The number of ether oxygens (including phenoxy) is 2. The average molecular weight is 333 g/mol. The number of likely N-dealkylation sites (tertiary alicyclic amines) is 1. The molecule has 0 unspecified atom stereocenters. The second kappa shape index (κ2) is 8.63. The van der Waals surface area contributed by atoms with E-state index in [1.165, 1.54) is 5.56 Å². The van der Waals surface area contributed by atoms with Gasteiger partial charge in [0.1, 0.15) is 0 Å². The number of carbonyl (C=O) groups excluding carboxylic acids is 1. The summed E-state index contributed by atoms with van der Waals surface area (Å²) in [5.74, 6) is 0.698. The zero-order valence-electron chi connectivity index (χ0n) is 15.5. The van der Waals surface area contributed by atoms with Crippen molar-refractivity contribution in [2.75, 3.05) is 40.0 Å². The molecule has 0 saturated carbocycles. The van der Waals surface area contributed by atoms with E-state index < -0.39 is 0 Å². The van der Waals surface area contributed by atoms with Gasteiger partial charge in [0.25, 0.3) is 5.91 Å². The molecular weight excluding hydrogens is 302 g/mol. The minimum Gasteiger partial charge on any atom is -0.382 e. The predicted octanol–water partition coefficient (Wildman–Crippen LogP) is 3.50. The summed E-state index contributed by atoms with van der Waals surface area (Å²) in [5, 5.41) is 0. The van der Waals surface area contributed by atoms with E-state index >= 15 is 0 Å². The summed E-state index contributed by atoms with van der Waals surface area (Å²) in [6.07, 6.45) is 2.03. The van der Waals surface area contributed by atoms with E-state index in [-0.39, 0.29) is 11.3 Å². The molecule has 1 aromatic carbocycles. The van der Waals surface area contributed by atoms with Crippen molar-refractivity contribution in [3.63, 3.8) is 0 Å². The van der Waals surface area contributed by atoms with Crippen LogP contribution in [-0.2, 0) is 14.9 Å². The Bertz CT molecular complexity index is 511. The van der Waals surface area contributed by atoms with Crippen LogP contribution in [0, 0.1) is 5.92 Å². The monoisotopic (exact) mass is 333 g/mol. The van der Waals surface area contributed by atoms with Crippen LogP contribution in [0.5, 0.6) is 0 Å². The van der Waals surface area contributed by atoms with Gasteiger partial charge in [0.2, 0.25) is 0 Å². The lowest BCUT2D eigenvalue weighted by Gasteiger charge is -2.32. The molecule has 1 fully saturated rings. The number of hydrogen-bond acceptors (Lipinski definition) is 3. The molecule has 0 atom stereocenters. The minimum absolute atomic E-state index is 0.114. The number of rotatable bonds is 6. The first-order chi connectivity index (χ1) is 11.4. The largest absolute Gasteiger partial charge is 0.382 e. The zero-order chi connectivity index (χ0) is 17.6. The Morgan fingerprint density at radius 2 is 1.75 bits per heavy atom. The molecule has 4 nitrogen and oxygen atoms in total. The maximum atomic E-state index is 12.6. The van der Waals surface area contributed by atoms with E-state index in [0.29, 0.717) is 19.1 Å². The molecule has 134 valence electrons. The summed E-state index contributed by atoms with van der Waals surface area (Å²) in [6.45, 7) is 10.2. The van der Waals surface area contributed by atoms with Gasteiger partial charge in [-0.2, -0.15) is 0 Å². The SMILES string of the molecule is COCCOCC1CCN(C(=O)c2ccc(C(C)(C)C)cc2)CC1. The normalized spacial score (nSPS) is 16.4. The quantitative estimate of drug-likeness (QED) is 0.748. The lowest BCUT2D eigenvalue weighted by molar-refractivity contribution is 0.0327. The molecule has 4 heteroatoms. The highest BCUT2D eigenvalue weighted by Gasteiger charge is 2.24. The second-order valence-electron chi connectivity index (χ2n) is 7.63. The molecule has 2 rings (SSSR count). The van der Waals surface area contributed by atoms with Crippen LogP contribution in [0.15, 0.2) is 24.3 Å². The van der Waals surface area contributed by atoms with E-state index in [2.05, 4.69) is 32.9 Å². The van der Waals surface area contributed by atoms with E-state index in [4.69, 9.17) is 9.47 Å². The molecule has 1 aliphatic rings. The van der Waals surface area contributed by atoms with Crippen LogP contribution in [0.1, 0.15) is 49.5 Å². The summed E-state index contributed by atoms with van der Waals surface area (Å²) < 4.78 is 10.6. The summed E-state index contributed by atoms with van der Waals surface area (Å²) in [5.41, 5.74) is 2.16. The minimum atomic E-state index is 0.114. The molecule has 0 N–H and O–H groups in total. The molecule has 0 aromatic heterocycles. The third-order valence-corrected chi connectivity index (χ3v) is 4.68. The maximum absolute atomic E-state index is 12.6. The molecule has 1 saturated heterocycles. The van der Waals surface area contributed by atoms with Gasteiger partial charge in [-0.1, -0.05) is 32.9 Å². The Morgan fingerprint density at radius 1 is 1.12 bits per heavy atom. The smallest absolute Gasteiger partial charge is 0.253 e. The van der Waals surface area contributed by atoms with Crippen LogP contribution in [-0.4, -0.2) is 50.8 Å². The van der Waals surface area contributed by atoms with Gasteiger partial charge in [-0.15, -0.1) is 0 Å². The number of benzene rings is 1. The Kier molecular flexibility index (Phi) is 6.81. The topological polar surface area (TPSA) is 38.8 Å². The third-order valence-electron chi connectivity index (χ3n) is 4.68. The van der Waals surface area contributed by atoms with Gasteiger partial charge in [0.15, 0.2) is 0 Å². The third kappa shape index (κ3) is 5.32. The van der Waals surface area contributed by atoms with Gasteiger partial charge in [0, 0.05) is 32.4 Å². The summed E-state index contributed by atoms with van der Waals surface area (Å²) in [6, 6.07) is 8.07. The van der Waals surface area contributed by atoms with Gasteiger partial charge >= 0.3 is 0 Å². The number of hydrogen-bond donors (Lipinski definition) is 0. The van der Waals surface area contributed by atoms with Crippen molar-refractivity contribution in [3.8, 4) is 0 Å². The number of nitrogens with zero attached hydrogens (tertiary/aromatic N) is 1. The molecule has 24 heavy (non-hydrogen) atoms. The molecule has 0 aliphatic carbocycles. The molecule has 0 bridgehead atoms. The van der Waals surface area contributed by atoms with Crippen LogP contribution in [0.4, 0.5) is 0 Å². The standard InChI is InChI=1S/C20H31NO3/c1-20(2,3)18-7-5-17(6-8-18)19(22)21-11-9-16(10-12-21)15-24-14-13-23-4/h5-8,16H,9-15H2,1-4H3. The summed E-state index contributed by atoms with van der Waals surface area (Å²) in [7, 11) is 1.68. The number of piperidine rings is 1. The van der Waals surface area contributed by atoms with Crippen molar-refractivity contribution in [2.45, 2.75) is 39.0 Å². The number of methoxy groups -OCH3 is 1. The van der Waals surface area contributed by atoms with Crippen LogP contribution < -0.4 is 0 Å². The van der Waals surface area contributed by atoms with Crippen molar-refractivity contribution in [1.82, 2.24) is 4.90 Å². The fraction of sp³-hybridized carbons (Fsp3) is 0.650. The lowest BCUT2D eigenvalue weighted by Crippen LogP contribution is -2.39. The highest BCUT2D eigenvalue weighted by atomic mass is 16.5. The van der Waals surface area contributed by atoms with Gasteiger partial charge < -0.3 is 14.4 Å². The fourth-order valence-electron chi connectivity index (χ4n) is 2.99. The van der Waals surface area contributed by atoms with Crippen LogP contribution >= 0.6 is 0 Å². The van der Waals surface area contributed by atoms with Crippen molar-refractivity contribution in [3.05, 3.63) is 35.4 Å². The van der Waals surface area contributed by atoms with Gasteiger partial charge in [-0.05, 0) is 41.9 Å². The molecular formula is C20H31NO3. The second-order valence-corrected chi connectivity index (χ2v) is 7.63. The Balaban J connectivity index is 1.82. The van der Waals surface area contributed by atoms with E-state index in [1.54, 1.807) is 7.11 Å². The molecule has 0 spiro atoms. The first-order valence-electron chi connectivity index (χ1n) is 8.88. The highest BCUT2D eigenvalue weighted by Crippen LogP contribution is 2.24. The van der Waals surface area contributed by atoms with Gasteiger partial charge in [-0.25, -0.2) is 0 Å². The van der Waals surface area contributed by atoms with Crippen LogP contribution in [0.25, 0.3) is 0 Å².